The van der Waals surface area contributed by atoms with E-state index in [2.05, 4.69) is 15.6 Å². The van der Waals surface area contributed by atoms with E-state index in [1.165, 1.54) is 6.08 Å². The lowest BCUT2D eigenvalue weighted by atomic mass is 9.97. The standard InChI is InChI=1S/C23H28N6O3/c24-20(30)15-28-22(32)19(12-7-13-27-23(25)26)29-21(31)14-18(16-8-3-1-4-9-16)17-10-5-2-6-11-17/h1-6,8-11,14,19H,7,12-13,15H2,(H2,24,30)(H,28,32)(H,29,31)(H4,25,26,27)/t19-/m1/s1. The first kappa shape index (κ1) is 24.1. The summed E-state index contributed by atoms with van der Waals surface area (Å²) in [6, 6.07) is 18.0. The molecule has 32 heavy (non-hydrogen) atoms. The number of hydrogen-bond acceptors (Lipinski definition) is 4. The number of nitrogens with zero attached hydrogens (tertiary/aromatic N) is 1. The topological polar surface area (TPSA) is 166 Å². The molecule has 0 spiro atoms. The maximum absolute atomic E-state index is 12.9. The third-order valence-electron chi connectivity index (χ3n) is 4.46. The number of guanidine groups is 1. The molecule has 0 fully saturated rings. The van der Waals surface area contributed by atoms with E-state index < -0.39 is 23.8 Å². The molecule has 0 aliphatic rings. The predicted octanol–water partition coefficient (Wildman–Crippen LogP) is 0.258. The summed E-state index contributed by atoms with van der Waals surface area (Å²) >= 11 is 0. The van der Waals surface area contributed by atoms with Crippen molar-refractivity contribution in [1.29, 1.82) is 0 Å². The highest BCUT2D eigenvalue weighted by atomic mass is 16.2. The quantitative estimate of drug-likeness (QED) is 0.147. The van der Waals surface area contributed by atoms with Crippen molar-refractivity contribution in [2.75, 3.05) is 13.1 Å². The van der Waals surface area contributed by atoms with Gasteiger partial charge in [-0.15, -0.1) is 0 Å². The van der Waals surface area contributed by atoms with Crippen LogP contribution in [0, 0.1) is 0 Å². The first-order valence-electron chi connectivity index (χ1n) is 10.1. The zero-order chi connectivity index (χ0) is 23.3. The van der Waals surface area contributed by atoms with Crippen LogP contribution in [0.2, 0.25) is 0 Å². The molecule has 0 bridgehead atoms. The fourth-order valence-electron chi connectivity index (χ4n) is 2.98. The second-order valence-electron chi connectivity index (χ2n) is 6.98. The summed E-state index contributed by atoms with van der Waals surface area (Å²) in [6.07, 6.45) is 2.17. The lowest BCUT2D eigenvalue weighted by Gasteiger charge is -2.17. The average molecular weight is 437 g/mol. The van der Waals surface area contributed by atoms with Gasteiger partial charge < -0.3 is 27.8 Å². The first-order valence-corrected chi connectivity index (χ1v) is 10.1. The SMILES string of the molecule is NC(=O)CNC(=O)[C@@H](CCCN=C(N)N)NC(=O)C=C(c1ccccc1)c1ccccc1. The number of hydrogen-bond donors (Lipinski definition) is 5. The van der Waals surface area contributed by atoms with Gasteiger partial charge in [-0.05, 0) is 29.5 Å². The van der Waals surface area contributed by atoms with Crippen molar-refractivity contribution in [1.82, 2.24) is 10.6 Å². The van der Waals surface area contributed by atoms with Gasteiger partial charge in [-0.25, -0.2) is 0 Å². The number of primary amides is 1. The highest BCUT2D eigenvalue weighted by molar-refractivity contribution is 6.01. The molecular formula is C23H28N6O3. The van der Waals surface area contributed by atoms with Gasteiger partial charge in [-0.3, -0.25) is 19.4 Å². The van der Waals surface area contributed by atoms with Crippen molar-refractivity contribution in [3.8, 4) is 0 Å². The Labute approximate surface area is 186 Å². The summed E-state index contributed by atoms with van der Waals surface area (Å²) in [6.45, 7) is -0.0266. The summed E-state index contributed by atoms with van der Waals surface area (Å²) in [4.78, 5) is 40.3. The number of carbonyl (C=O) groups excluding carboxylic acids is 3. The van der Waals surface area contributed by atoms with Crippen molar-refractivity contribution < 1.29 is 14.4 Å². The van der Waals surface area contributed by atoms with Gasteiger partial charge >= 0.3 is 0 Å². The van der Waals surface area contributed by atoms with E-state index in [4.69, 9.17) is 17.2 Å². The fourth-order valence-corrected chi connectivity index (χ4v) is 2.98. The maximum atomic E-state index is 12.9. The average Bonchev–Trinajstić information content (AvgIpc) is 2.78. The number of benzene rings is 2. The second kappa shape index (κ2) is 12.5. The van der Waals surface area contributed by atoms with Crippen molar-refractivity contribution in [3.05, 3.63) is 77.9 Å². The molecule has 2 aromatic rings. The minimum absolute atomic E-state index is 0.0536. The minimum Gasteiger partial charge on any atom is -0.370 e. The molecule has 0 unspecified atom stereocenters. The molecule has 9 heteroatoms. The summed E-state index contributed by atoms with van der Waals surface area (Å²) in [7, 11) is 0. The monoisotopic (exact) mass is 436 g/mol. The largest absolute Gasteiger partial charge is 0.370 e. The number of rotatable bonds is 11. The van der Waals surface area contributed by atoms with Crippen molar-refractivity contribution in [2.45, 2.75) is 18.9 Å². The molecule has 0 aromatic heterocycles. The van der Waals surface area contributed by atoms with Gasteiger partial charge in [0, 0.05) is 12.6 Å². The van der Waals surface area contributed by atoms with Crippen LogP contribution in [0.3, 0.4) is 0 Å². The van der Waals surface area contributed by atoms with Crippen LogP contribution in [0.1, 0.15) is 24.0 Å². The highest BCUT2D eigenvalue weighted by Gasteiger charge is 2.20. The Bertz CT molecular complexity index is 928. The number of nitrogens with one attached hydrogen (secondary N) is 2. The summed E-state index contributed by atoms with van der Waals surface area (Å²) in [5.41, 5.74) is 18.2. The second-order valence-corrected chi connectivity index (χ2v) is 6.98. The fraction of sp³-hybridized carbons (Fsp3) is 0.217. The third kappa shape index (κ3) is 8.31. The molecule has 3 amide bonds. The summed E-state index contributed by atoms with van der Waals surface area (Å²) < 4.78 is 0. The van der Waals surface area contributed by atoms with E-state index in [1.54, 1.807) is 0 Å². The van der Waals surface area contributed by atoms with Crippen LogP contribution in [-0.4, -0.2) is 42.8 Å². The molecule has 0 saturated carbocycles. The molecular weight excluding hydrogens is 408 g/mol. The highest BCUT2D eigenvalue weighted by Crippen LogP contribution is 2.23. The molecule has 2 rings (SSSR count). The van der Waals surface area contributed by atoms with Crippen LogP contribution >= 0.6 is 0 Å². The van der Waals surface area contributed by atoms with Gasteiger partial charge in [-0.1, -0.05) is 60.7 Å². The van der Waals surface area contributed by atoms with Crippen molar-refractivity contribution >= 4 is 29.3 Å². The Morgan fingerprint density at radius 3 is 1.97 bits per heavy atom. The molecule has 9 nitrogen and oxygen atoms in total. The molecule has 0 saturated heterocycles. The number of carbonyl (C=O) groups is 3. The van der Waals surface area contributed by atoms with Gasteiger partial charge in [0.05, 0.1) is 6.54 Å². The van der Waals surface area contributed by atoms with E-state index in [-0.39, 0.29) is 18.9 Å². The van der Waals surface area contributed by atoms with Crippen LogP contribution in [0.5, 0.6) is 0 Å². The maximum Gasteiger partial charge on any atom is 0.245 e. The van der Waals surface area contributed by atoms with Gasteiger partial charge in [0.1, 0.15) is 6.04 Å². The molecule has 0 radical (unpaired) electrons. The predicted molar refractivity (Wildman–Crippen MR) is 124 cm³/mol. The third-order valence-corrected chi connectivity index (χ3v) is 4.46. The zero-order valence-electron chi connectivity index (χ0n) is 17.7. The Kier molecular flexibility index (Phi) is 9.45. The van der Waals surface area contributed by atoms with E-state index in [9.17, 15) is 14.4 Å². The van der Waals surface area contributed by atoms with E-state index in [0.29, 0.717) is 18.5 Å². The molecule has 0 aliphatic heterocycles. The van der Waals surface area contributed by atoms with Crippen LogP contribution < -0.4 is 27.8 Å². The first-order chi connectivity index (χ1) is 15.4. The van der Waals surface area contributed by atoms with Gasteiger partial charge in [-0.2, -0.15) is 0 Å². The number of nitrogens with two attached hydrogens (primary N) is 3. The van der Waals surface area contributed by atoms with Crippen LogP contribution in [0.15, 0.2) is 71.7 Å². The molecule has 0 heterocycles. The molecule has 8 N–H and O–H groups in total. The normalized spacial score (nSPS) is 11.0. The summed E-state index contributed by atoms with van der Waals surface area (Å²) in [5.74, 6) is -1.70. The number of aliphatic imine (C=N–C) groups is 1. The van der Waals surface area contributed by atoms with Gasteiger partial charge in [0.25, 0.3) is 0 Å². The molecule has 168 valence electrons. The summed E-state index contributed by atoms with van der Waals surface area (Å²) in [5, 5.41) is 5.13. The minimum atomic E-state index is -0.889. The Balaban J connectivity index is 2.22. The molecule has 0 aliphatic carbocycles. The molecule has 1 atom stereocenters. The molecule has 2 aromatic carbocycles. The van der Waals surface area contributed by atoms with Crippen molar-refractivity contribution in [3.63, 3.8) is 0 Å². The number of amides is 3. The van der Waals surface area contributed by atoms with E-state index >= 15 is 0 Å². The van der Waals surface area contributed by atoms with E-state index in [1.807, 2.05) is 60.7 Å². The smallest absolute Gasteiger partial charge is 0.245 e. The van der Waals surface area contributed by atoms with Gasteiger partial charge in [0.15, 0.2) is 5.96 Å². The van der Waals surface area contributed by atoms with Gasteiger partial charge in [0.2, 0.25) is 17.7 Å². The lowest BCUT2D eigenvalue weighted by molar-refractivity contribution is -0.128. The van der Waals surface area contributed by atoms with Crippen LogP contribution in [0.4, 0.5) is 0 Å². The Morgan fingerprint density at radius 1 is 0.906 bits per heavy atom. The van der Waals surface area contributed by atoms with Crippen molar-refractivity contribution in [2.24, 2.45) is 22.2 Å². The van der Waals surface area contributed by atoms with Crippen LogP contribution in [0.25, 0.3) is 5.57 Å². The van der Waals surface area contributed by atoms with E-state index in [0.717, 1.165) is 11.1 Å². The Morgan fingerprint density at radius 2 is 1.47 bits per heavy atom. The Hall–Kier alpha value is -4.14. The zero-order valence-corrected chi connectivity index (χ0v) is 17.7. The lowest BCUT2D eigenvalue weighted by Crippen LogP contribution is -2.48. The van der Waals surface area contributed by atoms with Crippen LogP contribution in [-0.2, 0) is 14.4 Å².